The van der Waals surface area contributed by atoms with E-state index in [-0.39, 0.29) is 23.8 Å². The molecule has 0 spiro atoms. The fourth-order valence-corrected chi connectivity index (χ4v) is 0.740. The van der Waals surface area contributed by atoms with E-state index in [4.69, 9.17) is 15.9 Å². The Morgan fingerprint density at radius 1 is 1.38 bits per heavy atom. The molecule has 0 atom stereocenters. The van der Waals surface area contributed by atoms with Gasteiger partial charge in [-0.25, -0.2) is 0 Å². The molecule has 1 rings (SSSR count). The predicted molar refractivity (Wildman–Crippen MR) is 44.5 cm³/mol. The number of phenolic OH excluding ortho intramolecular Hbond substituents is 2. The summed E-state index contributed by atoms with van der Waals surface area (Å²) in [5, 5.41) is 17.9. The van der Waals surface area contributed by atoms with Gasteiger partial charge in [0, 0.05) is 6.07 Å². The van der Waals surface area contributed by atoms with Gasteiger partial charge in [0.25, 0.3) is 0 Å². The second-order valence-corrected chi connectivity index (χ2v) is 2.33. The van der Waals surface area contributed by atoms with Crippen LogP contribution < -0.4 is 10.5 Å². The second kappa shape index (κ2) is 3.77. The molecule has 13 heavy (non-hydrogen) atoms. The quantitative estimate of drug-likeness (QED) is 0.340. The van der Waals surface area contributed by atoms with E-state index in [1.54, 1.807) is 0 Å². The highest BCUT2D eigenvalue weighted by molar-refractivity contribution is 5.74. The maximum atomic E-state index is 10.7. The molecular formula is C8H9NO4. The van der Waals surface area contributed by atoms with Gasteiger partial charge >= 0.3 is 5.97 Å². The van der Waals surface area contributed by atoms with Crippen LogP contribution in [0.25, 0.3) is 0 Å². The van der Waals surface area contributed by atoms with E-state index in [1.807, 2.05) is 0 Å². The van der Waals surface area contributed by atoms with Crippen molar-refractivity contribution in [2.45, 2.75) is 0 Å². The molecule has 0 aliphatic heterocycles. The highest BCUT2D eigenvalue weighted by Crippen LogP contribution is 2.28. The SMILES string of the molecule is NCC(=O)Oc1ccc(O)c(O)c1. The molecule has 0 aliphatic carbocycles. The smallest absolute Gasteiger partial charge is 0.325 e. The summed E-state index contributed by atoms with van der Waals surface area (Å²) in [4.78, 5) is 10.7. The van der Waals surface area contributed by atoms with Crippen LogP contribution in [0.1, 0.15) is 0 Å². The molecule has 0 fully saturated rings. The summed E-state index contributed by atoms with van der Waals surface area (Å²) in [6, 6.07) is 3.69. The molecule has 1 aromatic carbocycles. The number of esters is 1. The Morgan fingerprint density at radius 3 is 2.62 bits per heavy atom. The third-order valence-corrected chi connectivity index (χ3v) is 1.35. The number of rotatable bonds is 2. The molecule has 0 aliphatic rings. The molecule has 5 nitrogen and oxygen atoms in total. The van der Waals surface area contributed by atoms with Crippen molar-refractivity contribution in [1.29, 1.82) is 0 Å². The van der Waals surface area contributed by atoms with Crippen molar-refractivity contribution in [3.63, 3.8) is 0 Å². The normalized spacial score (nSPS) is 9.62. The number of carbonyl (C=O) groups excluding carboxylic acids is 1. The number of ether oxygens (including phenoxy) is 1. The van der Waals surface area contributed by atoms with E-state index in [2.05, 4.69) is 4.74 Å². The Kier molecular flexibility index (Phi) is 2.71. The maximum Gasteiger partial charge on any atom is 0.325 e. The minimum Gasteiger partial charge on any atom is -0.504 e. The van der Waals surface area contributed by atoms with E-state index in [1.165, 1.54) is 12.1 Å². The van der Waals surface area contributed by atoms with Crippen molar-refractivity contribution in [2.24, 2.45) is 5.73 Å². The number of hydrogen-bond donors (Lipinski definition) is 3. The van der Waals surface area contributed by atoms with Crippen LogP contribution in [-0.2, 0) is 4.79 Å². The van der Waals surface area contributed by atoms with Crippen LogP contribution in [0.5, 0.6) is 17.2 Å². The van der Waals surface area contributed by atoms with Crippen LogP contribution in [0.3, 0.4) is 0 Å². The first-order chi connectivity index (χ1) is 6.13. The van der Waals surface area contributed by atoms with Gasteiger partial charge in [0.2, 0.25) is 0 Å². The number of carbonyl (C=O) groups is 1. The maximum absolute atomic E-state index is 10.7. The average molecular weight is 183 g/mol. The van der Waals surface area contributed by atoms with Gasteiger partial charge in [0.05, 0.1) is 6.54 Å². The molecule has 0 amide bonds. The number of benzene rings is 1. The van der Waals surface area contributed by atoms with Crippen molar-refractivity contribution < 1.29 is 19.7 Å². The molecule has 70 valence electrons. The summed E-state index contributed by atoms with van der Waals surface area (Å²) < 4.78 is 4.66. The molecule has 0 unspecified atom stereocenters. The molecule has 0 aromatic heterocycles. The summed E-state index contributed by atoms with van der Waals surface area (Å²) in [6.07, 6.45) is 0. The summed E-state index contributed by atoms with van der Waals surface area (Å²) in [5.74, 6) is -1.08. The Bertz CT molecular complexity index is 324. The molecule has 0 saturated carbocycles. The highest BCUT2D eigenvalue weighted by atomic mass is 16.5. The van der Waals surface area contributed by atoms with E-state index in [0.717, 1.165) is 6.07 Å². The fourth-order valence-electron chi connectivity index (χ4n) is 0.740. The summed E-state index contributed by atoms with van der Waals surface area (Å²) in [5.41, 5.74) is 5.00. The zero-order valence-corrected chi connectivity index (χ0v) is 6.73. The van der Waals surface area contributed by atoms with Gasteiger partial charge in [-0.3, -0.25) is 4.79 Å². The molecule has 0 bridgehead atoms. The zero-order valence-electron chi connectivity index (χ0n) is 6.73. The van der Waals surface area contributed by atoms with Crippen LogP contribution in [-0.4, -0.2) is 22.7 Å². The molecule has 5 heteroatoms. The first kappa shape index (κ1) is 9.34. The van der Waals surface area contributed by atoms with Crippen LogP contribution in [0.15, 0.2) is 18.2 Å². The van der Waals surface area contributed by atoms with Gasteiger partial charge in [-0.15, -0.1) is 0 Å². The van der Waals surface area contributed by atoms with Crippen molar-refractivity contribution in [2.75, 3.05) is 6.54 Å². The van der Waals surface area contributed by atoms with Gasteiger partial charge in [-0.1, -0.05) is 0 Å². The van der Waals surface area contributed by atoms with E-state index in [0.29, 0.717) is 0 Å². The average Bonchev–Trinajstić information content (AvgIpc) is 2.11. The molecule has 1 aromatic rings. The molecular weight excluding hydrogens is 174 g/mol. The van der Waals surface area contributed by atoms with Crippen molar-refractivity contribution in [3.8, 4) is 17.2 Å². The second-order valence-electron chi connectivity index (χ2n) is 2.33. The molecule has 0 radical (unpaired) electrons. The van der Waals surface area contributed by atoms with E-state index < -0.39 is 5.97 Å². The highest BCUT2D eigenvalue weighted by Gasteiger charge is 2.04. The van der Waals surface area contributed by atoms with Gasteiger partial charge in [0.15, 0.2) is 11.5 Å². The number of nitrogens with two attached hydrogens (primary N) is 1. The third-order valence-electron chi connectivity index (χ3n) is 1.35. The summed E-state index contributed by atoms with van der Waals surface area (Å²) in [7, 11) is 0. The lowest BCUT2D eigenvalue weighted by Gasteiger charge is -2.03. The van der Waals surface area contributed by atoms with Crippen LogP contribution >= 0.6 is 0 Å². The fraction of sp³-hybridized carbons (Fsp3) is 0.125. The van der Waals surface area contributed by atoms with E-state index in [9.17, 15) is 4.79 Å². The van der Waals surface area contributed by atoms with E-state index >= 15 is 0 Å². The number of phenols is 2. The Hall–Kier alpha value is -1.75. The monoisotopic (exact) mass is 183 g/mol. The first-order valence-electron chi connectivity index (χ1n) is 3.56. The van der Waals surface area contributed by atoms with Crippen molar-refractivity contribution in [1.82, 2.24) is 0 Å². The third kappa shape index (κ3) is 2.34. The Labute approximate surface area is 74.4 Å². The van der Waals surface area contributed by atoms with Crippen molar-refractivity contribution >= 4 is 5.97 Å². The summed E-state index contributed by atoms with van der Waals surface area (Å²) >= 11 is 0. The van der Waals surface area contributed by atoms with Gasteiger partial charge in [0.1, 0.15) is 5.75 Å². The lowest BCUT2D eigenvalue weighted by atomic mass is 10.3. The van der Waals surface area contributed by atoms with Gasteiger partial charge < -0.3 is 20.7 Å². The Balaban J connectivity index is 2.79. The lowest BCUT2D eigenvalue weighted by Crippen LogP contribution is -2.19. The molecule has 4 N–H and O–H groups in total. The Morgan fingerprint density at radius 2 is 2.08 bits per heavy atom. The topological polar surface area (TPSA) is 92.8 Å². The largest absolute Gasteiger partial charge is 0.504 e. The zero-order chi connectivity index (χ0) is 9.84. The molecule has 0 heterocycles. The standard InChI is InChI=1S/C8H9NO4/c9-4-8(12)13-5-1-2-6(10)7(11)3-5/h1-3,10-11H,4,9H2. The van der Waals surface area contributed by atoms with Crippen LogP contribution in [0, 0.1) is 0 Å². The van der Waals surface area contributed by atoms with Crippen LogP contribution in [0.2, 0.25) is 0 Å². The lowest BCUT2D eigenvalue weighted by molar-refractivity contribution is -0.132. The number of aromatic hydroxyl groups is 2. The number of hydrogen-bond acceptors (Lipinski definition) is 5. The summed E-state index contributed by atoms with van der Waals surface area (Å²) in [6.45, 7) is -0.234. The van der Waals surface area contributed by atoms with Gasteiger partial charge in [-0.2, -0.15) is 0 Å². The van der Waals surface area contributed by atoms with Crippen LogP contribution in [0.4, 0.5) is 0 Å². The predicted octanol–water partition coefficient (Wildman–Crippen LogP) is -0.0381. The minimum absolute atomic E-state index is 0.144. The molecule has 0 saturated heterocycles. The minimum atomic E-state index is -0.606. The van der Waals surface area contributed by atoms with Gasteiger partial charge in [-0.05, 0) is 12.1 Å². The van der Waals surface area contributed by atoms with Crippen molar-refractivity contribution in [3.05, 3.63) is 18.2 Å². The first-order valence-corrected chi connectivity index (χ1v) is 3.56.